The van der Waals surface area contributed by atoms with Gasteiger partial charge in [-0.15, -0.1) is 0 Å². The van der Waals surface area contributed by atoms with Gasteiger partial charge in [0.15, 0.2) is 0 Å². The second kappa shape index (κ2) is 14.2. The molecule has 3 aromatic rings. The molecule has 214 valence electrons. The van der Waals surface area contributed by atoms with E-state index >= 15 is 0 Å². The van der Waals surface area contributed by atoms with Crippen molar-refractivity contribution < 1.29 is 18.0 Å². The van der Waals surface area contributed by atoms with E-state index in [4.69, 9.17) is 34.8 Å². The molecular weight excluding hydrogens is 593 g/mol. The van der Waals surface area contributed by atoms with Gasteiger partial charge in [0.1, 0.15) is 12.6 Å². The predicted molar refractivity (Wildman–Crippen MR) is 162 cm³/mol. The Morgan fingerprint density at radius 1 is 0.900 bits per heavy atom. The van der Waals surface area contributed by atoms with Gasteiger partial charge in [-0.1, -0.05) is 84.2 Å². The number of sulfonamides is 1. The molecule has 0 spiro atoms. The molecule has 3 rings (SSSR count). The van der Waals surface area contributed by atoms with Gasteiger partial charge in [0, 0.05) is 24.0 Å². The van der Waals surface area contributed by atoms with Gasteiger partial charge >= 0.3 is 0 Å². The van der Waals surface area contributed by atoms with Gasteiger partial charge in [-0.2, -0.15) is 0 Å². The Morgan fingerprint density at radius 2 is 1.57 bits per heavy atom. The van der Waals surface area contributed by atoms with Crippen LogP contribution in [0.25, 0.3) is 0 Å². The zero-order valence-corrected chi connectivity index (χ0v) is 25.6. The molecule has 0 aliphatic rings. The lowest BCUT2D eigenvalue weighted by molar-refractivity contribution is -0.140. The van der Waals surface area contributed by atoms with E-state index in [0.717, 1.165) is 16.1 Å². The van der Waals surface area contributed by atoms with E-state index < -0.39 is 28.5 Å². The maximum atomic E-state index is 14.1. The number of hydrogen-bond acceptors (Lipinski definition) is 4. The molecular formula is C29H32Cl3N3O4S. The summed E-state index contributed by atoms with van der Waals surface area (Å²) >= 11 is 18.4. The quantitative estimate of drug-likeness (QED) is 0.269. The molecule has 0 saturated carbocycles. The number of carbonyl (C=O) groups excluding carboxylic acids is 2. The lowest BCUT2D eigenvalue weighted by Gasteiger charge is -2.34. The summed E-state index contributed by atoms with van der Waals surface area (Å²) in [6.07, 6.45) is 1.92. The number of nitrogens with zero attached hydrogens (tertiary/aromatic N) is 2. The van der Waals surface area contributed by atoms with Gasteiger partial charge in [0.2, 0.25) is 21.8 Å². The third kappa shape index (κ3) is 8.86. The molecule has 0 aliphatic carbocycles. The average molecular weight is 625 g/mol. The highest BCUT2D eigenvalue weighted by atomic mass is 35.5. The lowest BCUT2D eigenvalue weighted by atomic mass is 10.0. The van der Waals surface area contributed by atoms with Crippen LogP contribution < -0.4 is 9.62 Å². The van der Waals surface area contributed by atoms with Crippen LogP contribution in [0.1, 0.15) is 31.4 Å². The monoisotopic (exact) mass is 623 g/mol. The first-order valence-electron chi connectivity index (χ1n) is 12.7. The van der Waals surface area contributed by atoms with Crippen molar-refractivity contribution in [1.29, 1.82) is 0 Å². The Hall–Kier alpha value is -2.78. The van der Waals surface area contributed by atoms with Crippen molar-refractivity contribution in [3.05, 3.63) is 99.0 Å². The second-order valence-corrected chi connectivity index (χ2v) is 12.7. The first-order chi connectivity index (χ1) is 18.9. The van der Waals surface area contributed by atoms with Gasteiger partial charge < -0.3 is 10.2 Å². The summed E-state index contributed by atoms with van der Waals surface area (Å²) in [4.78, 5) is 29.1. The van der Waals surface area contributed by atoms with Gasteiger partial charge in [0.05, 0.1) is 22.0 Å². The normalized spacial score (nSPS) is 12.8. The van der Waals surface area contributed by atoms with E-state index in [0.29, 0.717) is 17.0 Å². The van der Waals surface area contributed by atoms with Crippen LogP contribution in [0.5, 0.6) is 0 Å². The highest BCUT2D eigenvalue weighted by molar-refractivity contribution is 7.92. The van der Waals surface area contributed by atoms with Crippen molar-refractivity contribution in [2.45, 2.75) is 45.3 Å². The van der Waals surface area contributed by atoms with Gasteiger partial charge in [-0.05, 0) is 54.8 Å². The molecule has 0 aliphatic heterocycles. The second-order valence-electron chi connectivity index (χ2n) is 9.54. The van der Waals surface area contributed by atoms with E-state index in [2.05, 4.69) is 5.32 Å². The standard InChI is InChI=1S/C29H32Cl3N3O4S/c1-4-20(2)33-29(37)27(16-21-9-6-5-7-10-21)34(18-22-11-8-12-23(30)15-22)28(36)19-35(40(3,38)39)24-13-14-25(31)26(32)17-24/h5-15,17,20,27H,4,16,18-19H2,1-3H3,(H,33,37)/t20-,27-/m1/s1. The van der Waals surface area contributed by atoms with E-state index in [1.54, 1.807) is 24.3 Å². The third-order valence-electron chi connectivity index (χ3n) is 6.38. The highest BCUT2D eigenvalue weighted by Crippen LogP contribution is 2.29. The van der Waals surface area contributed by atoms with Crippen molar-refractivity contribution in [3.8, 4) is 0 Å². The zero-order chi connectivity index (χ0) is 29.4. The van der Waals surface area contributed by atoms with Crippen LogP contribution in [-0.4, -0.2) is 50.0 Å². The fourth-order valence-electron chi connectivity index (χ4n) is 4.08. The molecule has 1 N–H and O–H groups in total. The van der Waals surface area contributed by atoms with E-state index in [1.165, 1.54) is 23.1 Å². The fourth-order valence-corrected chi connectivity index (χ4v) is 5.43. The number of nitrogens with one attached hydrogen (secondary N) is 1. The zero-order valence-electron chi connectivity index (χ0n) is 22.5. The summed E-state index contributed by atoms with van der Waals surface area (Å²) < 4.78 is 26.7. The maximum Gasteiger partial charge on any atom is 0.244 e. The summed E-state index contributed by atoms with van der Waals surface area (Å²) in [5.74, 6) is -0.911. The third-order valence-corrected chi connectivity index (χ3v) is 8.50. The first-order valence-corrected chi connectivity index (χ1v) is 15.7. The largest absolute Gasteiger partial charge is 0.352 e. The van der Waals surface area contributed by atoms with Gasteiger partial charge in [-0.3, -0.25) is 13.9 Å². The molecule has 0 fully saturated rings. The Kier molecular flexibility index (Phi) is 11.3. The van der Waals surface area contributed by atoms with Crippen molar-refractivity contribution in [2.24, 2.45) is 0 Å². The first kappa shape index (κ1) is 31.7. The Morgan fingerprint density at radius 3 is 2.17 bits per heavy atom. The van der Waals surface area contributed by atoms with Crippen LogP contribution in [0.15, 0.2) is 72.8 Å². The minimum Gasteiger partial charge on any atom is -0.352 e. The molecule has 0 heterocycles. The molecule has 11 heteroatoms. The molecule has 3 aromatic carbocycles. The molecule has 2 amide bonds. The summed E-state index contributed by atoms with van der Waals surface area (Å²) in [6.45, 7) is 3.31. The number of halogens is 3. The fraction of sp³-hybridized carbons (Fsp3) is 0.310. The van der Waals surface area contributed by atoms with Crippen LogP contribution in [-0.2, 0) is 32.6 Å². The van der Waals surface area contributed by atoms with Crippen LogP contribution >= 0.6 is 34.8 Å². The number of rotatable bonds is 12. The summed E-state index contributed by atoms with van der Waals surface area (Å²) in [6, 6.07) is 19.6. The minimum atomic E-state index is -3.92. The predicted octanol–water partition coefficient (Wildman–Crippen LogP) is 5.97. The van der Waals surface area contributed by atoms with E-state index in [9.17, 15) is 18.0 Å². The van der Waals surface area contributed by atoms with E-state index in [-0.39, 0.29) is 40.6 Å². The van der Waals surface area contributed by atoms with Crippen molar-refractivity contribution >= 4 is 62.3 Å². The Balaban J connectivity index is 2.07. The molecule has 0 aromatic heterocycles. The topological polar surface area (TPSA) is 86.8 Å². The number of anilines is 1. The van der Waals surface area contributed by atoms with Crippen LogP contribution in [0, 0.1) is 0 Å². The summed E-state index contributed by atoms with van der Waals surface area (Å²) in [5, 5.41) is 3.85. The maximum absolute atomic E-state index is 14.1. The number of benzene rings is 3. The number of amides is 2. The van der Waals surface area contributed by atoms with Crippen LogP contribution in [0.4, 0.5) is 5.69 Å². The average Bonchev–Trinajstić information content (AvgIpc) is 2.90. The lowest BCUT2D eigenvalue weighted by Crippen LogP contribution is -2.54. The van der Waals surface area contributed by atoms with Crippen molar-refractivity contribution in [3.63, 3.8) is 0 Å². The summed E-state index contributed by atoms with van der Waals surface area (Å²) in [7, 11) is -3.92. The number of carbonyl (C=O) groups is 2. The molecule has 7 nitrogen and oxygen atoms in total. The smallest absolute Gasteiger partial charge is 0.244 e. The SMILES string of the molecule is CC[C@@H](C)NC(=O)[C@@H](Cc1ccccc1)N(Cc1cccc(Cl)c1)C(=O)CN(c1ccc(Cl)c(Cl)c1)S(C)(=O)=O. The summed E-state index contributed by atoms with van der Waals surface area (Å²) in [5.41, 5.74) is 1.72. The molecule has 0 bridgehead atoms. The highest BCUT2D eigenvalue weighted by Gasteiger charge is 2.33. The van der Waals surface area contributed by atoms with E-state index in [1.807, 2.05) is 44.2 Å². The molecule has 0 unspecified atom stereocenters. The van der Waals surface area contributed by atoms with Crippen LogP contribution in [0.3, 0.4) is 0 Å². The molecule has 0 radical (unpaired) electrons. The molecule has 2 atom stereocenters. The van der Waals surface area contributed by atoms with Gasteiger partial charge in [-0.25, -0.2) is 8.42 Å². The Labute approximate surface area is 251 Å². The molecule has 40 heavy (non-hydrogen) atoms. The van der Waals surface area contributed by atoms with Crippen molar-refractivity contribution in [1.82, 2.24) is 10.2 Å². The van der Waals surface area contributed by atoms with Crippen LogP contribution in [0.2, 0.25) is 15.1 Å². The number of hydrogen-bond donors (Lipinski definition) is 1. The minimum absolute atomic E-state index is 0.0315. The Bertz CT molecular complexity index is 1440. The van der Waals surface area contributed by atoms with Crippen molar-refractivity contribution in [2.75, 3.05) is 17.1 Å². The van der Waals surface area contributed by atoms with Gasteiger partial charge in [0.25, 0.3) is 0 Å². The molecule has 0 saturated heterocycles.